The molecule has 1 heterocycles. The summed E-state index contributed by atoms with van der Waals surface area (Å²) in [4.78, 5) is 25.9. The lowest BCUT2D eigenvalue weighted by Gasteiger charge is -2.23. The summed E-state index contributed by atoms with van der Waals surface area (Å²) in [6, 6.07) is 7.23. The Morgan fingerprint density at radius 1 is 1.36 bits per heavy atom. The van der Waals surface area contributed by atoms with E-state index in [-0.39, 0.29) is 17.9 Å². The van der Waals surface area contributed by atoms with Crippen LogP contribution in [0.1, 0.15) is 32.8 Å². The molecule has 2 rings (SSSR count). The maximum atomic E-state index is 12.4. The van der Waals surface area contributed by atoms with Gasteiger partial charge in [0.1, 0.15) is 6.04 Å². The molecule has 22 heavy (non-hydrogen) atoms. The van der Waals surface area contributed by atoms with Gasteiger partial charge in [0, 0.05) is 32.2 Å². The van der Waals surface area contributed by atoms with Gasteiger partial charge in [0.15, 0.2) is 0 Å². The van der Waals surface area contributed by atoms with Crippen molar-refractivity contribution >= 4 is 17.5 Å². The van der Waals surface area contributed by atoms with Crippen LogP contribution in [-0.2, 0) is 20.7 Å². The first-order chi connectivity index (χ1) is 10.5. The maximum Gasteiger partial charge on any atom is 0.243 e. The van der Waals surface area contributed by atoms with Crippen LogP contribution in [0, 0.1) is 0 Å². The van der Waals surface area contributed by atoms with Crippen molar-refractivity contribution < 1.29 is 14.3 Å². The van der Waals surface area contributed by atoms with Crippen LogP contribution in [0.25, 0.3) is 0 Å². The fourth-order valence-electron chi connectivity index (χ4n) is 2.71. The number of amides is 2. The molecule has 0 fully saturated rings. The molecule has 0 bridgehead atoms. The number of anilines is 1. The van der Waals surface area contributed by atoms with Crippen molar-refractivity contribution in [2.24, 2.45) is 0 Å². The van der Waals surface area contributed by atoms with Crippen molar-refractivity contribution in [1.29, 1.82) is 0 Å². The first-order valence-electron chi connectivity index (χ1n) is 7.77. The molecule has 1 aliphatic rings. The molecule has 0 spiro atoms. The average Bonchev–Trinajstić information content (AvgIpc) is 2.85. The summed E-state index contributed by atoms with van der Waals surface area (Å²) in [6.45, 7) is 6.65. The van der Waals surface area contributed by atoms with Gasteiger partial charge >= 0.3 is 0 Å². The summed E-state index contributed by atoms with van der Waals surface area (Å²) in [6.07, 6.45) is 1.54. The molecular weight excluding hydrogens is 280 g/mol. The number of fused-ring (bicyclic) bond motifs is 1. The third kappa shape index (κ3) is 3.85. The zero-order valence-corrected chi connectivity index (χ0v) is 13.5. The van der Waals surface area contributed by atoms with Gasteiger partial charge in [-0.1, -0.05) is 18.2 Å². The monoisotopic (exact) mass is 304 g/mol. The largest absolute Gasteiger partial charge is 0.379 e. The molecule has 0 saturated carbocycles. The second kappa shape index (κ2) is 7.40. The summed E-state index contributed by atoms with van der Waals surface area (Å²) < 4.78 is 5.44. The van der Waals surface area contributed by atoms with Crippen LogP contribution in [0.4, 0.5) is 5.69 Å². The number of carbonyl (C=O) groups is 2. The summed E-state index contributed by atoms with van der Waals surface area (Å²) in [7, 11) is 0. The minimum atomic E-state index is -0.444. The van der Waals surface area contributed by atoms with E-state index in [1.165, 1.54) is 6.92 Å². The minimum absolute atomic E-state index is 0.101. The van der Waals surface area contributed by atoms with Gasteiger partial charge in [0.05, 0.1) is 6.10 Å². The maximum absolute atomic E-state index is 12.4. The van der Waals surface area contributed by atoms with E-state index in [0.29, 0.717) is 19.6 Å². The quantitative estimate of drug-likeness (QED) is 0.817. The third-order valence-corrected chi connectivity index (χ3v) is 3.69. The number of benzene rings is 1. The van der Waals surface area contributed by atoms with Gasteiger partial charge in [-0.05, 0) is 31.9 Å². The van der Waals surface area contributed by atoms with E-state index in [4.69, 9.17) is 4.74 Å². The van der Waals surface area contributed by atoms with Gasteiger partial charge in [-0.15, -0.1) is 0 Å². The normalized spacial score (nSPS) is 16.7. The zero-order chi connectivity index (χ0) is 16.1. The molecule has 1 aliphatic heterocycles. The van der Waals surface area contributed by atoms with E-state index in [0.717, 1.165) is 17.7 Å². The number of hydrogen-bond donors (Lipinski definition) is 1. The second-order valence-electron chi connectivity index (χ2n) is 5.80. The van der Waals surface area contributed by atoms with Gasteiger partial charge in [-0.2, -0.15) is 0 Å². The number of ether oxygens (including phenoxy) is 1. The van der Waals surface area contributed by atoms with E-state index in [2.05, 4.69) is 5.32 Å². The molecule has 0 radical (unpaired) electrons. The number of carbonyl (C=O) groups excluding carboxylic acids is 2. The topological polar surface area (TPSA) is 58.6 Å². The molecule has 0 aromatic heterocycles. The van der Waals surface area contributed by atoms with Crippen molar-refractivity contribution in [2.75, 3.05) is 18.1 Å². The molecule has 1 N–H and O–H groups in total. The number of hydrogen-bond acceptors (Lipinski definition) is 3. The second-order valence-corrected chi connectivity index (χ2v) is 5.80. The highest BCUT2D eigenvalue weighted by Crippen LogP contribution is 2.32. The van der Waals surface area contributed by atoms with Crippen LogP contribution in [0.5, 0.6) is 0 Å². The summed E-state index contributed by atoms with van der Waals surface area (Å²) in [5.74, 6) is -0.204. The molecule has 0 saturated heterocycles. The van der Waals surface area contributed by atoms with E-state index in [1.807, 2.05) is 38.1 Å². The Hall–Kier alpha value is -1.88. The Kier molecular flexibility index (Phi) is 5.55. The van der Waals surface area contributed by atoms with Crippen LogP contribution >= 0.6 is 0 Å². The van der Waals surface area contributed by atoms with Gasteiger partial charge in [-0.3, -0.25) is 14.5 Å². The Labute approximate surface area is 131 Å². The molecular formula is C17H24N2O3. The third-order valence-electron chi connectivity index (χ3n) is 3.69. The average molecular weight is 304 g/mol. The molecule has 1 unspecified atom stereocenters. The van der Waals surface area contributed by atoms with Crippen molar-refractivity contribution in [1.82, 2.24) is 5.32 Å². The highest BCUT2D eigenvalue weighted by atomic mass is 16.5. The molecule has 2 amide bonds. The lowest BCUT2D eigenvalue weighted by atomic mass is 10.1. The number of nitrogens with zero attached hydrogens (tertiary/aromatic N) is 1. The van der Waals surface area contributed by atoms with Crippen LogP contribution in [0.15, 0.2) is 24.3 Å². The summed E-state index contributed by atoms with van der Waals surface area (Å²) >= 11 is 0. The molecule has 120 valence electrons. The molecule has 0 aliphatic carbocycles. The molecule has 1 aromatic carbocycles. The Bertz CT molecular complexity index is 542. The van der Waals surface area contributed by atoms with E-state index >= 15 is 0 Å². The SMILES string of the molecule is CC(=O)N1c2ccccc2CC1C(=O)NCCCOC(C)C. The lowest BCUT2D eigenvalue weighted by molar-refractivity contribution is -0.125. The molecule has 1 atom stereocenters. The molecule has 5 nitrogen and oxygen atoms in total. The Morgan fingerprint density at radius 2 is 2.09 bits per heavy atom. The number of nitrogens with one attached hydrogen (secondary N) is 1. The lowest BCUT2D eigenvalue weighted by Crippen LogP contribution is -2.47. The predicted molar refractivity (Wildman–Crippen MR) is 85.8 cm³/mol. The zero-order valence-electron chi connectivity index (χ0n) is 13.5. The van der Waals surface area contributed by atoms with Crippen LogP contribution in [0.3, 0.4) is 0 Å². The van der Waals surface area contributed by atoms with Crippen molar-refractivity contribution in [3.05, 3.63) is 29.8 Å². The molecule has 1 aromatic rings. The van der Waals surface area contributed by atoms with Crippen molar-refractivity contribution in [3.8, 4) is 0 Å². The number of para-hydroxylation sites is 1. The van der Waals surface area contributed by atoms with Gasteiger partial charge < -0.3 is 10.1 Å². The first kappa shape index (κ1) is 16.5. The van der Waals surface area contributed by atoms with Crippen molar-refractivity contribution in [3.63, 3.8) is 0 Å². The predicted octanol–water partition coefficient (Wildman–Crippen LogP) is 1.90. The van der Waals surface area contributed by atoms with Crippen LogP contribution < -0.4 is 10.2 Å². The highest BCUT2D eigenvalue weighted by Gasteiger charge is 2.36. The Morgan fingerprint density at radius 3 is 2.77 bits per heavy atom. The standard InChI is InChI=1S/C17H24N2O3/c1-12(2)22-10-6-9-18-17(21)16-11-14-7-4-5-8-15(14)19(16)13(3)20/h4-5,7-8,12,16H,6,9-11H2,1-3H3,(H,18,21). The van der Waals surface area contributed by atoms with Crippen molar-refractivity contribution in [2.45, 2.75) is 45.8 Å². The Balaban J connectivity index is 1.91. The first-order valence-corrected chi connectivity index (χ1v) is 7.77. The minimum Gasteiger partial charge on any atom is -0.379 e. The molecule has 5 heteroatoms. The van der Waals surface area contributed by atoms with Gasteiger partial charge in [0.25, 0.3) is 0 Å². The summed E-state index contributed by atoms with van der Waals surface area (Å²) in [5.41, 5.74) is 1.89. The highest BCUT2D eigenvalue weighted by molar-refractivity contribution is 6.02. The summed E-state index contributed by atoms with van der Waals surface area (Å²) in [5, 5.41) is 2.91. The van der Waals surface area contributed by atoms with E-state index in [9.17, 15) is 9.59 Å². The van der Waals surface area contributed by atoms with E-state index in [1.54, 1.807) is 4.90 Å². The van der Waals surface area contributed by atoms with Crippen LogP contribution in [-0.4, -0.2) is 37.1 Å². The van der Waals surface area contributed by atoms with Gasteiger partial charge in [0.2, 0.25) is 11.8 Å². The van der Waals surface area contributed by atoms with Gasteiger partial charge in [-0.25, -0.2) is 0 Å². The fourth-order valence-corrected chi connectivity index (χ4v) is 2.71. The smallest absolute Gasteiger partial charge is 0.243 e. The number of rotatable bonds is 6. The van der Waals surface area contributed by atoms with Crippen LogP contribution in [0.2, 0.25) is 0 Å². The van der Waals surface area contributed by atoms with E-state index < -0.39 is 6.04 Å². The fraction of sp³-hybridized carbons (Fsp3) is 0.529.